The Morgan fingerprint density at radius 3 is 2.62 bits per heavy atom. The van der Waals surface area contributed by atoms with E-state index in [9.17, 15) is 13.2 Å². The second kappa shape index (κ2) is 8.02. The molecule has 0 aliphatic carbocycles. The van der Waals surface area contributed by atoms with E-state index < -0.39 is 21.3 Å². The number of hydrogen-bond acceptors (Lipinski definition) is 5. The highest BCUT2D eigenvalue weighted by Gasteiger charge is 2.37. The number of hydrogen-bond donors (Lipinski definition) is 2. The summed E-state index contributed by atoms with van der Waals surface area (Å²) in [5.41, 5.74) is 1.07. The summed E-state index contributed by atoms with van der Waals surface area (Å²) in [6.07, 6.45) is 0. The van der Waals surface area contributed by atoms with Gasteiger partial charge in [0, 0.05) is 0 Å². The smallest absolute Gasteiger partial charge is 0.275 e. The standard InChI is InChI=1S/C17H24ClN3O4S/c1-25-16-5-3-2-4-15(16)21-8-6-20(7-9-21)10-17(22)19-14-12-26(23,24)11-13(14)18/h2-5,13-14H,6-12H2,1H3,(H,19,22)/p+1/t13-,14+/m1/s1. The number of ether oxygens (including phenoxy) is 1. The third-order valence-corrected chi connectivity index (χ3v) is 7.31. The van der Waals surface area contributed by atoms with Crippen molar-refractivity contribution in [3.05, 3.63) is 24.3 Å². The largest absolute Gasteiger partial charge is 0.495 e. The minimum Gasteiger partial charge on any atom is -0.495 e. The average Bonchev–Trinajstić information content (AvgIpc) is 2.87. The summed E-state index contributed by atoms with van der Waals surface area (Å²) < 4.78 is 28.6. The molecule has 0 unspecified atom stereocenters. The predicted molar refractivity (Wildman–Crippen MR) is 101 cm³/mol. The summed E-state index contributed by atoms with van der Waals surface area (Å²) in [4.78, 5) is 15.7. The molecule has 3 rings (SSSR count). The van der Waals surface area contributed by atoms with Crippen molar-refractivity contribution in [2.24, 2.45) is 0 Å². The highest BCUT2D eigenvalue weighted by atomic mass is 35.5. The number of methoxy groups -OCH3 is 1. The molecule has 2 atom stereocenters. The van der Waals surface area contributed by atoms with Crippen LogP contribution < -0.4 is 19.9 Å². The molecule has 2 aliphatic heterocycles. The lowest BCUT2D eigenvalue weighted by Gasteiger charge is -2.34. The molecule has 7 nitrogen and oxygen atoms in total. The first-order valence-electron chi connectivity index (χ1n) is 8.73. The van der Waals surface area contributed by atoms with Gasteiger partial charge in [-0.1, -0.05) is 12.1 Å². The number of alkyl halides is 1. The van der Waals surface area contributed by atoms with Crippen LogP contribution in [-0.4, -0.2) is 77.1 Å². The van der Waals surface area contributed by atoms with E-state index >= 15 is 0 Å². The maximum atomic E-state index is 12.3. The van der Waals surface area contributed by atoms with E-state index in [1.807, 2.05) is 24.3 Å². The molecule has 0 aromatic heterocycles. The second-order valence-electron chi connectivity index (χ2n) is 6.85. The number of carbonyl (C=O) groups excluding carboxylic acids is 1. The van der Waals surface area contributed by atoms with Gasteiger partial charge in [0.15, 0.2) is 16.4 Å². The fourth-order valence-electron chi connectivity index (χ4n) is 3.55. The third-order valence-electron chi connectivity index (χ3n) is 4.94. The van der Waals surface area contributed by atoms with Crippen LogP contribution in [0.3, 0.4) is 0 Å². The summed E-state index contributed by atoms with van der Waals surface area (Å²) in [7, 11) is -1.48. The van der Waals surface area contributed by atoms with Crippen molar-refractivity contribution in [1.29, 1.82) is 0 Å². The van der Waals surface area contributed by atoms with Crippen LogP contribution in [0, 0.1) is 0 Å². The van der Waals surface area contributed by atoms with Crippen molar-refractivity contribution in [1.82, 2.24) is 5.32 Å². The van der Waals surface area contributed by atoms with Crippen molar-refractivity contribution in [3.63, 3.8) is 0 Å². The number of anilines is 1. The fourth-order valence-corrected chi connectivity index (χ4v) is 6.10. The minimum atomic E-state index is -3.14. The van der Waals surface area contributed by atoms with E-state index in [2.05, 4.69) is 10.2 Å². The Kier molecular flexibility index (Phi) is 5.94. The summed E-state index contributed by atoms with van der Waals surface area (Å²) in [6, 6.07) is 7.44. The predicted octanol–water partition coefficient (Wildman–Crippen LogP) is -1.08. The number of halogens is 1. The molecule has 2 saturated heterocycles. The van der Waals surface area contributed by atoms with Crippen molar-refractivity contribution >= 4 is 33.0 Å². The van der Waals surface area contributed by atoms with Gasteiger partial charge in [0.1, 0.15) is 5.75 Å². The van der Waals surface area contributed by atoms with Crippen molar-refractivity contribution < 1.29 is 22.8 Å². The molecule has 26 heavy (non-hydrogen) atoms. The number of rotatable bonds is 5. The van der Waals surface area contributed by atoms with Crippen LogP contribution >= 0.6 is 11.6 Å². The summed E-state index contributed by atoms with van der Waals surface area (Å²) in [6.45, 7) is 3.66. The molecule has 9 heteroatoms. The molecule has 1 aromatic rings. The Labute approximate surface area is 159 Å². The number of nitrogens with zero attached hydrogens (tertiary/aromatic N) is 1. The van der Waals surface area contributed by atoms with Gasteiger partial charge in [-0.2, -0.15) is 0 Å². The lowest BCUT2D eigenvalue weighted by atomic mass is 10.2. The molecule has 1 aromatic carbocycles. The van der Waals surface area contributed by atoms with Crippen molar-refractivity contribution in [2.45, 2.75) is 11.4 Å². The summed E-state index contributed by atoms with van der Waals surface area (Å²) in [5, 5.41) is 2.25. The van der Waals surface area contributed by atoms with Gasteiger partial charge in [0.2, 0.25) is 0 Å². The highest BCUT2D eigenvalue weighted by molar-refractivity contribution is 7.91. The quantitative estimate of drug-likeness (QED) is 0.612. The van der Waals surface area contributed by atoms with Gasteiger partial charge in [0.25, 0.3) is 5.91 Å². The normalized spacial score (nSPS) is 25.8. The number of carbonyl (C=O) groups is 1. The van der Waals surface area contributed by atoms with E-state index in [4.69, 9.17) is 16.3 Å². The molecule has 0 radical (unpaired) electrons. The van der Waals surface area contributed by atoms with E-state index in [-0.39, 0.29) is 17.4 Å². The molecule has 144 valence electrons. The molecule has 1 amide bonds. The van der Waals surface area contributed by atoms with Crippen LogP contribution in [0.1, 0.15) is 0 Å². The van der Waals surface area contributed by atoms with Crippen LogP contribution in [0.15, 0.2) is 24.3 Å². The van der Waals surface area contributed by atoms with E-state index in [1.54, 1.807) is 7.11 Å². The molecule has 2 N–H and O–H groups in total. The number of nitrogens with one attached hydrogen (secondary N) is 2. The van der Waals surface area contributed by atoms with Gasteiger partial charge in [-0.3, -0.25) is 4.79 Å². The van der Waals surface area contributed by atoms with E-state index in [1.165, 1.54) is 4.90 Å². The molecule has 0 bridgehead atoms. The number of amides is 1. The van der Waals surface area contributed by atoms with Crippen LogP contribution in [0.25, 0.3) is 0 Å². The summed E-state index contributed by atoms with van der Waals surface area (Å²) >= 11 is 6.05. The molecule has 0 spiro atoms. The molecule has 2 heterocycles. The Balaban J connectivity index is 1.49. The zero-order valence-electron chi connectivity index (χ0n) is 14.8. The van der Waals surface area contributed by atoms with Gasteiger partial charge in [-0.05, 0) is 12.1 Å². The van der Waals surface area contributed by atoms with Crippen LogP contribution in [0.4, 0.5) is 5.69 Å². The van der Waals surface area contributed by atoms with Gasteiger partial charge in [-0.15, -0.1) is 11.6 Å². The first kappa shape index (κ1) is 19.3. The number of para-hydroxylation sites is 2. The second-order valence-corrected chi connectivity index (χ2v) is 9.57. The number of sulfone groups is 1. The third kappa shape index (κ3) is 4.61. The van der Waals surface area contributed by atoms with E-state index in [0.29, 0.717) is 6.54 Å². The molecule has 2 aliphatic rings. The van der Waals surface area contributed by atoms with Crippen LogP contribution in [0.5, 0.6) is 5.75 Å². The van der Waals surface area contributed by atoms with E-state index in [0.717, 1.165) is 37.6 Å². The highest BCUT2D eigenvalue weighted by Crippen LogP contribution is 2.27. The molecule has 0 saturated carbocycles. The lowest BCUT2D eigenvalue weighted by molar-refractivity contribution is -0.892. The topological polar surface area (TPSA) is 80.2 Å². The zero-order chi connectivity index (χ0) is 18.7. The molecular weight excluding hydrogens is 378 g/mol. The maximum Gasteiger partial charge on any atom is 0.275 e. The maximum absolute atomic E-state index is 12.3. The molecular formula is C17H25ClN3O4S+. The monoisotopic (exact) mass is 402 g/mol. The minimum absolute atomic E-state index is 0.0655. The number of benzene rings is 1. The number of quaternary nitrogens is 1. The van der Waals surface area contributed by atoms with Gasteiger partial charge < -0.3 is 19.9 Å². The SMILES string of the molecule is COc1ccccc1N1CC[NH+](CC(=O)N[C@H]2CS(=O)(=O)C[C@H]2Cl)CC1. The Morgan fingerprint density at radius 2 is 2.00 bits per heavy atom. The van der Waals surface area contributed by atoms with Gasteiger partial charge in [-0.25, -0.2) is 8.42 Å². The van der Waals surface area contributed by atoms with Crippen molar-refractivity contribution in [2.75, 3.05) is 56.2 Å². The van der Waals surface area contributed by atoms with Crippen molar-refractivity contribution in [3.8, 4) is 5.75 Å². The fraction of sp³-hybridized carbons (Fsp3) is 0.588. The van der Waals surface area contributed by atoms with Gasteiger partial charge in [0.05, 0.1) is 61.9 Å². The Bertz CT molecular complexity index is 750. The zero-order valence-corrected chi connectivity index (χ0v) is 16.4. The average molecular weight is 403 g/mol. The first-order valence-corrected chi connectivity index (χ1v) is 11.0. The Hall–Kier alpha value is -1.51. The van der Waals surface area contributed by atoms with Crippen LogP contribution in [-0.2, 0) is 14.6 Å². The molecule has 2 fully saturated rings. The summed E-state index contributed by atoms with van der Waals surface area (Å²) in [5.74, 6) is 0.580. The first-order chi connectivity index (χ1) is 12.4. The number of piperazine rings is 1. The lowest BCUT2D eigenvalue weighted by Crippen LogP contribution is -3.16. The van der Waals surface area contributed by atoms with Gasteiger partial charge >= 0.3 is 0 Å². The van der Waals surface area contributed by atoms with Crippen LogP contribution in [0.2, 0.25) is 0 Å². The Morgan fingerprint density at radius 1 is 1.31 bits per heavy atom.